The summed E-state index contributed by atoms with van der Waals surface area (Å²) in [5.74, 6) is 0. The van der Waals surface area contributed by atoms with Crippen LogP contribution in [0.3, 0.4) is 0 Å². The summed E-state index contributed by atoms with van der Waals surface area (Å²) < 4.78 is 0. The molecular weight excluding hydrogens is 170 g/mol. The molecule has 0 radical (unpaired) electrons. The highest BCUT2D eigenvalue weighted by atomic mass is 14.7. The van der Waals surface area contributed by atoms with E-state index in [1.165, 1.54) is 6.20 Å². The SMILES string of the molecule is C=CN=CC(=C)C(=C)/C=C\C(=C)CC. The Kier molecular flexibility index (Phi) is 6.04. The van der Waals surface area contributed by atoms with Crippen LogP contribution in [-0.4, -0.2) is 6.21 Å². The highest BCUT2D eigenvalue weighted by molar-refractivity contribution is 5.85. The van der Waals surface area contributed by atoms with Gasteiger partial charge in [-0.15, -0.1) is 0 Å². The third-order valence-corrected chi connectivity index (χ3v) is 1.72. The lowest BCUT2D eigenvalue weighted by molar-refractivity contribution is 1.16. The zero-order valence-corrected chi connectivity index (χ0v) is 8.79. The Labute approximate surface area is 86.6 Å². The third kappa shape index (κ3) is 5.09. The Bertz CT molecular complexity index is 303. The largest absolute Gasteiger partial charge is 0.265 e. The van der Waals surface area contributed by atoms with E-state index in [4.69, 9.17) is 0 Å². The molecule has 0 atom stereocenters. The number of hydrogen-bond donors (Lipinski definition) is 0. The standard InChI is InChI=1S/C13H17N/c1-6-11(3)8-9-12(4)13(5)10-14-7-2/h7-10H,2-6H2,1H3/b9-8-,14-10?. The van der Waals surface area contributed by atoms with Crippen molar-refractivity contribution in [3.05, 3.63) is 61.4 Å². The topological polar surface area (TPSA) is 12.4 Å². The maximum Gasteiger partial charge on any atom is 0.0339 e. The van der Waals surface area contributed by atoms with Crippen LogP contribution >= 0.6 is 0 Å². The van der Waals surface area contributed by atoms with Gasteiger partial charge in [0.15, 0.2) is 0 Å². The molecule has 0 aliphatic heterocycles. The lowest BCUT2D eigenvalue weighted by Crippen LogP contribution is -1.84. The van der Waals surface area contributed by atoms with E-state index < -0.39 is 0 Å². The molecule has 0 N–H and O–H groups in total. The summed E-state index contributed by atoms with van der Waals surface area (Å²) in [7, 11) is 0. The predicted octanol–water partition coefficient (Wildman–Crippen LogP) is 3.84. The van der Waals surface area contributed by atoms with Gasteiger partial charge in [0.1, 0.15) is 0 Å². The molecule has 0 aromatic heterocycles. The number of nitrogens with zero attached hydrogens (tertiary/aromatic N) is 1. The summed E-state index contributed by atoms with van der Waals surface area (Å²) in [6.07, 6.45) is 7.87. The zero-order valence-electron chi connectivity index (χ0n) is 8.79. The molecule has 0 saturated heterocycles. The number of rotatable bonds is 6. The van der Waals surface area contributed by atoms with Gasteiger partial charge in [-0.1, -0.05) is 51.0 Å². The Balaban J connectivity index is 4.28. The first-order valence-electron chi connectivity index (χ1n) is 4.50. The van der Waals surface area contributed by atoms with Gasteiger partial charge < -0.3 is 0 Å². The van der Waals surface area contributed by atoms with Crippen molar-refractivity contribution >= 4 is 6.21 Å². The first-order chi connectivity index (χ1) is 6.61. The van der Waals surface area contributed by atoms with Crippen molar-refractivity contribution in [3.63, 3.8) is 0 Å². The van der Waals surface area contributed by atoms with Crippen molar-refractivity contribution in [1.82, 2.24) is 0 Å². The minimum atomic E-state index is 0.782. The van der Waals surface area contributed by atoms with Gasteiger partial charge in [-0.05, 0) is 17.6 Å². The van der Waals surface area contributed by atoms with Gasteiger partial charge in [0, 0.05) is 12.4 Å². The van der Waals surface area contributed by atoms with Crippen LogP contribution in [0.15, 0.2) is 66.4 Å². The first-order valence-corrected chi connectivity index (χ1v) is 4.50. The fraction of sp³-hybridized carbons (Fsp3) is 0.154. The van der Waals surface area contributed by atoms with E-state index in [0.717, 1.165) is 23.1 Å². The van der Waals surface area contributed by atoms with Crippen molar-refractivity contribution in [3.8, 4) is 0 Å². The molecule has 0 heterocycles. The van der Waals surface area contributed by atoms with Crippen molar-refractivity contribution < 1.29 is 0 Å². The highest BCUT2D eigenvalue weighted by Gasteiger charge is 1.91. The van der Waals surface area contributed by atoms with Crippen LogP contribution in [0.2, 0.25) is 0 Å². The molecule has 0 fully saturated rings. The second-order valence-electron chi connectivity index (χ2n) is 2.86. The molecule has 0 rings (SSSR count). The summed E-state index contributed by atoms with van der Waals surface area (Å²) in [4.78, 5) is 3.86. The van der Waals surface area contributed by atoms with E-state index >= 15 is 0 Å². The van der Waals surface area contributed by atoms with Gasteiger partial charge in [-0.3, -0.25) is 4.99 Å². The molecule has 0 aliphatic carbocycles. The maximum absolute atomic E-state index is 3.86. The molecule has 0 saturated carbocycles. The summed E-state index contributed by atoms with van der Waals surface area (Å²) >= 11 is 0. The van der Waals surface area contributed by atoms with Gasteiger partial charge in [-0.25, -0.2) is 0 Å². The van der Waals surface area contributed by atoms with Crippen LogP contribution in [0.25, 0.3) is 0 Å². The van der Waals surface area contributed by atoms with Crippen LogP contribution in [0.1, 0.15) is 13.3 Å². The average Bonchev–Trinajstić information content (AvgIpc) is 2.21. The van der Waals surface area contributed by atoms with Gasteiger partial charge in [0.05, 0.1) is 0 Å². The van der Waals surface area contributed by atoms with Crippen LogP contribution < -0.4 is 0 Å². The molecule has 14 heavy (non-hydrogen) atoms. The van der Waals surface area contributed by atoms with Crippen LogP contribution in [0, 0.1) is 0 Å². The molecular formula is C13H17N. The lowest BCUT2D eigenvalue weighted by Gasteiger charge is -1.97. The molecule has 74 valence electrons. The molecule has 0 unspecified atom stereocenters. The Morgan fingerprint density at radius 1 is 1.14 bits per heavy atom. The van der Waals surface area contributed by atoms with Gasteiger partial charge >= 0.3 is 0 Å². The van der Waals surface area contributed by atoms with Crippen LogP contribution in [0.5, 0.6) is 0 Å². The van der Waals surface area contributed by atoms with Crippen LogP contribution in [0.4, 0.5) is 0 Å². The molecule has 0 spiro atoms. The lowest BCUT2D eigenvalue weighted by atomic mass is 10.1. The van der Waals surface area contributed by atoms with Gasteiger partial charge in [0.2, 0.25) is 0 Å². The van der Waals surface area contributed by atoms with E-state index in [1.54, 1.807) is 6.21 Å². The van der Waals surface area contributed by atoms with E-state index in [-0.39, 0.29) is 0 Å². The second kappa shape index (κ2) is 6.84. The molecule has 1 nitrogen and oxygen atoms in total. The summed E-state index contributed by atoms with van der Waals surface area (Å²) in [5, 5.41) is 0. The smallest absolute Gasteiger partial charge is 0.0339 e. The Morgan fingerprint density at radius 2 is 1.79 bits per heavy atom. The normalized spacial score (nSPS) is 10.6. The third-order valence-electron chi connectivity index (χ3n) is 1.72. The molecule has 1 heteroatoms. The van der Waals surface area contributed by atoms with Crippen molar-refractivity contribution in [1.29, 1.82) is 0 Å². The number of hydrogen-bond acceptors (Lipinski definition) is 1. The fourth-order valence-electron chi connectivity index (χ4n) is 0.669. The van der Waals surface area contributed by atoms with Crippen molar-refractivity contribution in [2.24, 2.45) is 4.99 Å². The predicted molar refractivity (Wildman–Crippen MR) is 65.5 cm³/mol. The number of allylic oxidation sites excluding steroid dienone is 5. The average molecular weight is 187 g/mol. The van der Waals surface area contributed by atoms with Crippen molar-refractivity contribution in [2.75, 3.05) is 0 Å². The summed E-state index contributed by atoms with van der Waals surface area (Å²) in [6, 6.07) is 0. The fourth-order valence-corrected chi connectivity index (χ4v) is 0.669. The molecule has 0 aromatic rings. The van der Waals surface area contributed by atoms with E-state index in [1.807, 2.05) is 12.2 Å². The highest BCUT2D eigenvalue weighted by Crippen LogP contribution is 2.07. The zero-order chi connectivity index (χ0) is 11.0. The number of aliphatic imine (C=N–C) groups is 1. The minimum Gasteiger partial charge on any atom is -0.265 e. The Hall–Kier alpha value is -1.63. The monoisotopic (exact) mass is 187 g/mol. The van der Waals surface area contributed by atoms with E-state index in [9.17, 15) is 0 Å². The molecule has 0 aromatic carbocycles. The summed E-state index contributed by atoms with van der Waals surface area (Å²) in [5.41, 5.74) is 2.69. The summed E-state index contributed by atoms with van der Waals surface area (Å²) in [6.45, 7) is 17.1. The van der Waals surface area contributed by atoms with Gasteiger partial charge in [-0.2, -0.15) is 0 Å². The maximum atomic E-state index is 3.86. The molecule has 0 amide bonds. The van der Waals surface area contributed by atoms with Gasteiger partial charge in [0.25, 0.3) is 0 Å². The van der Waals surface area contributed by atoms with E-state index in [2.05, 4.69) is 38.2 Å². The molecule has 0 bridgehead atoms. The Morgan fingerprint density at radius 3 is 2.29 bits per heavy atom. The minimum absolute atomic E-state index is 0.782. The van der Waals surface area contributed by atoms with E-state index in [0.29, 0.717) is 0 Å². The van der Waals surface area contributed by atoms with Crippen molar-refractivity contribution in [2.45, 2.75) is 13.3 Å². The first kappa shape index (κ1) is 12.4. The van der Waals surface area contributed by atoms with Crippen LogP contribution in [-0.2, 0) is 0 Å². The molecule has 0 aliphatic rings. The second-order valence-corrected chi connectivity index (χ2v) is 2.86. The quantitative estimate of drug-likeness (QED) is 0.442.